The van der Waals surface area contributed by atoms with Gasteiger partial charge in [-0.25, -0.2) is 0 Å². The topological polar surface area (TPSA) is 13.1 Å². The van der Waals surface area contributed by atoms with E-state index in [2.05, 4.69) is 170 Å². The molecule has 8 aromatic carbocycles. The highest BCUT2D eigenvalue weighted by Crippen LogP contribution is 2.37. The van der Waals surface area contributed by atoms with E-state index >= 15 is 0 Å². The molecule has 9 aromatic rings. The average Bonchev–Trinajstić information content (AvgIpc) is 3.48. The van der Waals surface area contributed by atoms with Gasteiger partial charge in [0.05, 0.1) is 0 Å². The first-order valence-electron chi connectivity index (χ1n) is 15.4. The molecule has 9 rings (SSSR count). The van der Waals surface area contributed by atoms with Crippen LogP contribution in [0.5, 0.6) is 0 Å². The fourth-order valence-electron chi connectivity index (χ4n) is 6.61. The Kier molecular flexibility index (Phi) is 5.89. The number of hydrogen-bond acceptors (Lipinski definition) is 1. The number of furan rings is 1. The van der Waals surface area contributed by atoms with E-state index in [1.807, 2.05) is 0 Å². The largest absolute Gasteiger partial charge is 0.456 e. The van der Waals surface area contributed by atoms with Gasteiger partial charge in [0, 0.05) is 10.8 Å². The maximum atomic E-state index is 6.30. The van der Waals surface area contributed by atoms with E-state index in [4.69, 9.17) is 4.42 Å². The van der Waals surface area contributed by atoms with Gasteiger partial charge in [0.25, 0.3) is 0 Å². The fraction of sp³-hybridized carbons (Fsp3) is 0. The van der Waals surface area contributed by atoms with Crippen LogP contribution in [0.15, 0.2) is 174 Å². The molecule has 0 aliphatic carbocycles. The molecule has 0 amide bonds. The Morgan fingerprint density at radius 2 is 0.578 bits per heavy atom. The molecule has 0 bridgehead atoms. The molecule has 0 aliphatic rings. The summed E-state index contributed by atoms with van der Waals surface area (Å²) in [5.74, 6) is 0. The molecule has 0 fully saturated rings. The van der Waals surface area contributed by atoms with Gasteiger partial charge in [0.15, 0.2) is 0 Å². The number of benzene rings is 8. The lowest BCUT2D eigenvalue weighted by Gasteiger charge is -2.08. The van der Waals surface area contributed by atoms with E-state index in [1.165, 1.54) is 66.1 Å². The maximum Gasteiger partial charge on any atom is 0.135 e. The van der Waals surface area contributed by atoms with Gasteiger partial charge < -0.3 is 4.42 Å². The molecule has 0 saturated heterocycles. The van der Waals surface area contributed by atoms with Crippen molar-refractivity contribution in [2.75, 3.05) is 0 Å². The second kappa shape index (κ2) is 10.4. The van der Waals surface area contributed by atoms with E-state index in [0.717, 1.165) is 21.9 Å². The molecule has 0 spiro atoms. The summed E-state index contributed by atoms with van der Waals surface area (Å²) in [4.78, 5) is 0. The van der Waals surface area contributed by atoms with Crippen molar-refractivity contribution in [3.05, 3.63) is 170 Å². The smallest absolute Gasteiger partial charge is 0.135 e. The van der Waals surface area contributed by atoms with Gasteiger partial charge >= 0.3 is 0 Å². The third kappa shape index (κ3) is 4.58. The Hall–Kier alpha value is -5.92. The van der Waals surface area contributed by atoms with Crippen LogP contribution in [-0.2, 0) is 0 Å². The predicted molar refractivity (Wildman–Crippen MR) is 190 cm³/mol. The molecule has 1 nitrogen and oxygen atoms in total. The predicted octanol–water partition coefficient (Wildman–Crippen LogP) is 12.6. The van der Waals surface area contributed by atoms with Crippen LogP contribution in [0.1, 0.15) is 0 Å². The second-order valence-electron chi connectivity index (χ2n) is 11.8. The number of hydrogen-bond donors (Lipinski definition) is 0. The molecule has 0 aliphatic heterocycles. The van der Waals surface area contributed by atoms with Gasteiger partial charge in [-0.1, -0.05) is 121 Å². The van der Waals surface area contributed by atoms with Gasteiger partial charge in [0.1, 0.15) is 11.2 Å². The first kappa shape index (κ1) is 25.6. The van der Waals surface area contributed by atoms with Gasteiger partial charge in [-0.15, -0.1) is 0 Å². The molecule has 0 radical (unpaired) electrons. The summed E-state index contributed by atoms with van der Waals surface area (Å²) in [7, 11) is 0. The van der Waals surface area contributed by atoms with E-state index < -0.39 is 0 Å². The summed E-state index contributed by atoms with van der Waals surface area (Å²) in [5, 5.41) is 7.22. The van der Waals surface area contributed by atoms with Crippen LogP contribution < -0.4 is 0 Å². The minimum atomic E-state index is 0.907. The highest BCUT2D eigenvalue weighted by molar-refractivity contribution is 6.08. The minimum Gasteiger partial charge on any atom is -0.456 e. The van der Waals surface area contributed by atoms with E-state index in [-0.39, 0.29) is 0 Å². The molecular weight excluding hydrogens is 544 g/mol. The Balaban J connectivity index is 1.12. The summed E-state index contributed by atoms with van der Waals surface area (Å²) in [6.07, 6.45) is 0. The van der Waals surface area contributed by atoms with Crippen LogP contribution in [0.25, 0.3) is 88.0 Å². The van der Waals surface area contributed by atoms with Crippen molar-refractivity contribution in [3.8, 4) is 44.5 Å². The van der Waals surface area contributed by atoms with E-state index in [1.54, 1.807) is 0 Å². The van der Waals surface area contributed by atoms with E-state index in [9.17, 15) is 0 Å². The number of fused-ring (bicyclic) bond motifs is 5. The number of rotatable bonds is 4. The fourth-order valence-corrected chi connectivity index (χ4v) is 6.61. The summed E-state index contributed by atoms with van der Waals surface area (Å²) >= 11 is 0. The van der Waals surface area contributed by atoms with Crippen LogP contribution in [0, 0.1) is 0 Å². The van der Waals surface area contributed by atoms with Crippen LogP contribution >= 0.6 is 0 Å². The Morgan fingerprint density at radius 1 is 0.244 bits per heavy atom. The molecular formula is C44H28O. The summed E-state index contributed by atoms with van der Waals surface area (Å²) < 4.78 is 6.30. The van der Waals surface area contributed by atoms with Crippen LogP contribution in [-0.4, -0.2) is 0 Å². The quantitative estimate of drug-likeness (QED) is 0.204. The zero-order valence-electron chi connectivity index (χ0n) is 24.6. The lowest BCUT2D eigenvalue weighted by Crippen LogP contribution is -1.82. The van der Waals surface area contributed by atoms with Crippen molar-refractivity contribution in [1.82, 2.24) is 0 Å². The minimum absolute atomic E-state index is 0.907. The SMILES string of the molecule is c1ccc(-c2ccc3ccc(-c4ccc5oc6ccc(-c7ccc8ccc(-c9ccccc9)cc8c7)cc6c5c4)cc3c2)cc1. The molecule has 0 saturated carbocycles. The zero-order valence-corrected chi connectivity index (χ0v) is 24.6. The lowest BCUT2D eigenvalue weighted by atomic mass is 9.96. The maximum absolute atomic E-state index is 6.30. The molecule has 0 unspecified atom stereocenters. The first-order valence-corrected chi connectivity index (χ1v) is 15.4. The molecule has 0 atom stereocenters. The van der Waals surface area contributed by atoms with Crippen LogP contribution in [0.3, 0.4) is 0 Å². The Morgan fingerprint density at radius 3 is 0.978 bits per heavy atom. The van der Waals surface area contributed by atoms with Gasteiger partial charge in [-0.3, -0.25) is 0 Å². The molecule has 45 heavy (non-hydrogen) atoms. The normalized spacial score (nSPS) is 11.6. The molecule has 0 N–H and O–H groups in total. The van der Waals surface area contributed by atoms with Crippen molar-refractivity contribution < 1.29 is 4.42 Å². The molecule has 1 heterocycles. The van der Waals surface area contributed by atoms with E-state index in [0.29, 0.717) is 0 Å². The molecule has 1 heteroatoms. The third-order valence-corrected chi connectivity index (χ3v) is 9.03. The summed E-state index contributed by atoms with van der Waals surface area (Å²) in [5.41, 5.74) is 11.5. The first-order chi connectivity index (χ1) is 22.2. The van der Waals surface area contributed by atoms with Crippen molar-refractivity contribution >= 4 is 43.5 Å². The van der Waals surface area contributed by atoms with Crippen molar-refractivity contribution in [1.29, 1.82) is 0 Å². The Bertz CT molecular complexity index is 2340. The highest BCUT2D eigenvalue weighted by atomic mass is 16.3. The highest BCUT2D eigenvalue weighted by Gasteiger charge is 2.12. The van der Waals surface area contributed by atoms with Gasteiger partial charge in [0.2, 0.25) is 0 Å². The lowest BCUT2D eigenvalue weighted by molar-refractivity contribution is 0.669. The zero-order chi connectivity index (χ0) is 29.7. The second-order valence-corrected chi connectivity index (χ2v) is 11.8. The van der Waals surface area contributed by atoms with Gasteiger partial charge in [-0.05, 0) is 115 Å². The van der Waals surface area contributed by atoms with Crippen molar-refractivity contribution in [2.24, 2.45) is 0 Å². The molecule has 1 aromatic heterocycles. The standard InChI is InChI=1S/C44H28O/c1-3-7-29(8-4-1)33-15-11-31-13-17-35(25-39(31)23-33)37-19-21-43-41(27-37)42-28-38(20-22-44(42)45-43)36-18-14-32-12-16-34(24-40(32)26-36)30-9-5-2-6-10-30/h1-28H. The van der Waals surface area contributed by atoms with Gasteiger partial charge in [-0.2, -0.15) is 0 Å². The summed E-state index contributed by atoms with van der Waals surface area (Å²) in [6.45, 7) is 0. The monoisotopic (exact) mass is 572 g/mol. The average molecular weight is 573 g/mol. The van der Waals surface area contributed by atoms with Crippen molar-refractivity contribution in [2.45, 2.75) is 0 Å². The van der Waals surface area contributed by atoms with Crippen LogP contribution in [0.4, 0.5) is 0 Å². The molecule has 210 valence electrons. The summed E-state index contributed by atoms with van der Waals surface area (Å²) in [6, 6.07) is 61.1. The van der Waals surface area contributed by atoms with Crippen LogP contribution in [0.2, 0.25) is 0 Å². The Labute approximate surface area is 261 Å². The van der Waals surface area contributed by atoms with Crippen molar-refractivity contribution in [3.63, 3.8) is 0 Å². The third-order valence-electron chi connectivity index (χ3n) is 9.03.